The zero-order valence-corrected chi connectivity index (χ0v) is 20.0. The standard InChI is InChI=1S/C22H24N2O5Si2.6CH4/c1-30(2,13-23-19(25)15-9-5-6-10-16(15)20(23)26)29-31(3,4)14-24-21(27)17-11-7-8-12-18(17)22(24)28;;;;;;/h5-12H,13-14H2,1-4H3;6*1H4. The van der Waals surface area contributed by atoms with Crippen LogP contribution in [-0.2, 0) is 4.12 Å². The maximum Gasteiger partial charge on any atom is 0.261 e. The fraction of sp³-hybridized carbons (Fsp3) is 0.429. The second-order valence-corrected chi connectivity index (χ2v) is 17.6. The number of hydrogen-bond donors (Lipinski definition) is 0. The average Bonchev–Trinajstić information content (AvgIpc) is 3.08. The molecule has 37 heavy (non-hydrogen) atoms. The largest absolute Gasteiger partial charge is 0.453 e. The summed E-state index contributed by atoms with van der Waals surface area (Å²) in [5.41, 5.74) is 1.67. The van der Waals surface area contributed by atoms with E-state index in [9.17, 15) is 19.2 Å². The predicted molar refractivity (Wildman–Crippen MR) is 160 cm³/mol. The number of carbonyl (C=O) groups excluding carboxylic acids is 4. The molecule has 0 aromatic heterocycles. The molecular formula is C28H48N2O5Si2. The Morgan fingerprint density at radius 3 is 0.946 bits per heavy atom. The lowest BCUT2D eigenvalue weighted by Crippen LogP contribution is -2.57. The molecular weight excluding hydrogens is 500 g/mol. The molecule has 0 spiro atoms. The van der Waals surface area contributed by atoms with E-state index in [2.05, 4.69) is 0 Å². The van der Waals surface area contributed by atoms with E-state index in [1.807, 2.05) is 26.2 Å². The quantitative estimate of drug-likeness (QED) is 0.289. The third-order valence-corrected chi connectivity index (χ3v) is 12.0. The lowest BCUT2D eigenvalue weighted by Gasteiger charge is -2.37. The number of nitrogens with zero attached hydrogens (tertiary/aromatic N) is 2. The maximum absolute atomic E-state index is 12.7. The molecule has 0 N–H and O–H groups in total. The molecule has 0 atom stereocenters. The highest BCUT2D eigenvalue weighted by Gasteiger charge is 2.45. The Labute approximate surface area is 227 Å². The number of imide groups is 2. The van der Waals surface area contributed by atoms with Crippen LogP contribution in [0.5, 0.6) is 0 Å². The summed E-state index contributed by atoms with van der Waals surface area (Å²) in [6.45, 7) is 7.81. The van der Waals surface area contributed by atoms with Crippen molar-refractivity contribution in [1.82, 2.24) is 9.80 Å². The molecule has 0 aliphatic carbocycles. The number of fused-ring (bicyclic) bond motifs is 2. The van der Waals surface area contributed by atoms with Crippen molar-refractivity contribution in [3.63, 3.8) is 0 Å². The second kappa shape index (κ2) is 13.6. The first kappa shape index (κ1) is 38.6. The molecule has 4 amide bonds. The Balaban J connectivity index is -0.00000193. The lowest BCUT2D eigenvalue weighted by molar-refractivity contribution is 0.0664. The van der Waals surface area contributed by atoms with Crippen molar-refractivity contribution in [1.29, 1.82) is 0 Å². The first-order valence-electron chi connectivity index (χ1n) is 10.1. The Morgan fingerprint density at radius 1 is 0.514 bits per heavy atom. The third kappa shape index (κ3) is 7.12. The van der Waals surface area contributed by atoms with E-state index in [1.54, 1.807) is 48.5 Å². The molecule has 0 radical (unpaired) electrons. The van der Waals surface area contributed by atoms with Crippen LogP contribution in [0.4, 0.5) is 0 Å². The van der Waals surface area contributed by atoms with Gasteiger partial charge >= 0.3 is 0 Å². The minimum absolute atomic E-state index is 0. The molecule has 0 bridgehead atoms. The van der Waals surface area contributed by atoms with Crippen LogP contribution in [0, 0.1) is 0 Å². The summed E-state index contributed by atoms with van der Waals surface area (Å²) in [7, 11) is -5.05. The molecule has 7 nitrogen and oxygen atoms in total. The van der Waals surface area contributed by atoms with Gasteiger partial charge in [-0.3, -0.25) is 29.0 Å². The van der Waals surface area contributed by atoms with Crippen molar-refractivity contribution in [3.8, 4) is 0 Å². The van der Waals surface area contributed by atoms with Crippen LogP contribution < -0.4 is 0 Å². The van der Waals surface area contributed by atoms with Gasteiger partial charge in [0, 0.05) is 12.3 Å². The van der Waals surface area contributed by atoms with Crippen LogP contribution >= 0.6 is 0 Å². The van der Waals surface area contributed by atoms with Gasteiger partial charge < -0.3 is 4.12 Å². The molecule has 4 rings (SSSR count). The van der Waals surface area contributed by atoms with Gasteiger partial charge in [0.05, 0.1) is 22.3 Å². The normalized spacial score (nSPS) is 13.6. The predicted octanol–water partition coefficient (Wildman–Crippen LogP) is 6.90. The molecule has 208 valence electrons. The van der Waals surface area contributed by atoms with Gasteiger partial charge in [-0.05, 0) is 50.5 Å². The van der Waals surface area contributed by atoms with Gasteiger partial charge in [0.2, 0.25) is 0 Å². The summed E-state index contributed by atoms with van der Waals surface area (Å²) in [4.78, 5) is 53.4. The fourth-order valence-electron chi connectivity index (χ4n) is 4.34. The van der Waals surface area contributed by atoms with Crippen molar-refractivity contribution in [2.24, 2.45) is 0 Å². The minimum Gasteiger partial charge on any atom is -0.453 e. The van der Waals surface area contributed by atoms with E-state index < -0.39 is 16.6 Å². The monoisotopic (exact) mass is 548 g/mol. The highest BCUT2D eigenvalue weighted by Crippen LogP contribution is 2.28. The fourth-order valence-corrected chi connectivity index (χ4v) is 12.9. The zero-order chi connectivity index (χ0) is 22.6. The zero-order valence-electron chi connectivity index (χ0n) is 18.0. The van der Waals surface area contributed by atoms with Gasteiger partial charge in [0.25, 0.3) is 23.6 Å². The number of carbonyl (C=O) groups is 4. The van der Waals surface area contributed by atoms with E-state index in [1.165, 1.54) is 9.80 Å². The second-order valence-electron chi connectivity index (χ2n) is 9.11. The topological polar surface area (TPSA) is 84.0 Å². The Kier molecular flexibility index (Phi) is 14.2. The maximum atomic E-state index is 12.7. The number of amides is 4. The van der Waals surface area contributed by atoms with Gasteiger partial charge in [0.1, 0.15) is 0 Å². The number of hydrogen-bond acceptors (Lipinski definition) is 5. The molecule has 0 unspecified atom stereocenters. The van der Waals surface area contributed by atoms with Crippen LogP contribution in [0.15, 0.2) is 48.5 Å². The molecule has 0 saturated carbocycles. The molecule has 0 fully saturated rings. The molecule has 2 aromatic rings. The summed E-state index contributed by atoms with van der Waals surface area (Å²) >= 11 is 0. The van der Waals surface area contributed by atoms with Crippen LogP contribution in [-0.4, -0.2) is 62.4 Å². The van der Waals surface area contributed by atoms with Crippen LogP contribution in [0.2, 0.25) is 26.2 Å². The highest BCUT2D eigenvalue weighted by atomic mass is 28.4. The van der Waals surface area contributed by atoms with Crippen molar-refractivity contribution in [2.45, 2.75) is 70.7 Å². The van der Waals surface area contributed by atoms with Gasteiger partial charge in [-0.25, -0.2) is 0 Å². The molecule has 0 saturated heterocycles. The van der Waals surface area contributed by atoms with Crippen molar-refractivity contribution in [3.05, 3.63) is 70.8 Å². The van der Waals surface area contributed by atoms with Crippen LogP contribution in [0.1, 0.15) is 86.0 Å². The van der Waals surface area contributed by atoms with Gasteiger partial charge in [0.15, 0.2) is 16.6 Å². The van der Waals surface area contributed by atoms with Gasteiger partial charge in [-0.2, -0.15) is 0 Å². The summed E-state index contributed by atoms with van der Waals surface area (Å²) in [5, 5.41) is 0. The van der Waals surface area contributed by atoms with E-state index >= 15 is 0 Å². The van der Waals surface area contributed by atoms with E-state index in [0.717, 1.165) is 0 Å². The Bertz CT molecular complexity index is 974. The molecule has 2 aliphatic rings. The molecule has 2 aliphatic heterocycles. The molecule has 2 aromatic carbocycles. The SMILES string of the molecule is C.C.C.C.C.C.C[Si](C)(CN1C(=O)c2ccccc2C1=O)O[Si](C)(C)CN1C(=O)c2ccccc2C1=O. The van der Waals surface area contributed by atoms with Crippen molar-refractivity contribution in [2.75, 3.05) is 12.3 Å². The van der Waals surface area contributed by atoms with E-state index in [0.29, 0.717) is 22.3 Å². The van der Waals surface area contributed by atoms with Crippen molar-refractivity contribution < 1.29 is 23.3 Å². The first-order valence-corrected chi connectivity index (χ1v) is 16.3. The van der Waals surface area contributed by atoms with Gasteiger partial charge in [-0.1, -0.05) is 68.8 Å². The van der Waals surface area contributed by atoms with Crippen molar-refractivity contribution >= 4 is 40.3 Å². The minimum atomic E-state index is -2.53. The lowest BCUT2D eigenvalue weighted by atomic mass is 10.1. The average molecular weight is 549 g/mol. The van der Waals surface area contributed by atoms with Crippen LogP contribution in [0.25, 0.3) is 0 Å². The summed E-state index contributed by atoms with van der Waals surface area (Å²) in [6, 6.07) is 13.6. The first-order chi connectivity index (χ1) is 14.5. The van der Waals surface area contributed by atoms with Crippen LogP contribution in [0.3, 0.4) is 0 Å². The van der Waals surface area contributed by atoms with E-state index in [-0.39, 0.29) is 80.5 Å². The third-order valence-electron chi connectivity index (χ3n) is 5.39. The molecule has 9 heteroatoms. The van der Waals surface area contributed by atoms with Gasteiger partial charge in [-0.15, -0.1) is 0 Å². The Hall–Kier alpha value is -2.89. The number of benzene rings is 2. The number of rotatable bonds is 6. The summed E-state index contributed by atoms with van der Waals surface area (Å²) < 4.78 is 6.53. The highest BCUT2D eigenvalue weighted by molar-refractivity contribution is 6.85. The summed E-state index contributed by atoms with van der Waals surface area (Å²) in [5.74, 6) is -1.21. The van der Waals surface area contributed by atoms with E-state index in [4.69, 9.17) is 4.12 Å². The smallest absolute Gasteiger partial charge is 0.261 e. The Morgan fingerprint density at radius 2 is 0.730 bits per heavy atom. The molecule has 2 heterocycles. The summed E-state index contributed by atoms with van der Waals surface area (Å²) in [6.07, 6.45) is 0.440.